The molecular weight excluding hydrogens is 484 g/mol. The Morgan fingerprint density at radius 2 is 1.33 bits per heavy atom. The van der Waals surface area contributed by atoms with Crippen molar-refractivity contribution in [2.24, 2.45) is 46.3 Å². The second kappa shape index (κ2) is 9.47. The highest BCUT2D eigenvalue weighted by Gasteiger charge is 2.61. The van der Waals surface area contributed by atoms with Gasteiger partial charge in [-0.2, -0.15) is 0 Å². The molecule has 7 fully saturated rings. The zero-order chi connectivity index (χ0) is 25.3. The van der Waals surface area contributed by atoms with Crippen LogP contribution in [0.3, 0.4) is 0 Å². The average molecular weight is 531 g/mol. The quantitative estimate of drug-likeness (QED) is 0.448. The van der Waals surface area contributed by atoms with E-state index in [1.807, 2.05) is 0 Å². The van der Waals surface area contributed by atoms with Crippen LogP contribution in [0.2, 0.25) is 0 Å². The van der Waals surface area contributed by atoms with Crippen molar-refractivity contribution in [2.45, 2.75) is 87.4 Å². The van der Waals surface area contributed by atoms with E-state index in [1.165, 1.54) is 25.7 Å². The fourth-order valence-electron chi connectivity index (χ4n) is 8.79. The molecule has 1 N–H and O–H groups in total. The second-order valence-corrected chi connectivity index (χ2v) is 16.7. The third-order valence-electron chi connectivity index (χ3n) is 11.7. The molecule has 36 heavy (non-hydrogen) atoms. The molecule has 7 aliphatic rings. The summed E-state index contributed by atoms with van der Waals surface area (Å²) >= 11 is 4.23. The Balaban J connectivity index is 1.34. The van der Waals surface area contributed by atoms with Gasteiger partial charge in [-0.25, -0.2) is 0 Å². The molecule has 1 aromatic rings. The van der Waals surface area contributed by atoms with Crippen molar-refractivity contribution in [1.29, 1.82) is 0 Å². The fourth-order valence-corrected chi connectivity index (χ4v) is 13.2. The SMILES string of the molecule is CC[C@@](O)(c1ccccc1)C1S[C@H]2C[C@H]3C[C@@H]([C@@H]2COCOC[C@@H]2[C@H](C[C@H]4C[C@@H]2C4(C)C)S1)C3(C)C. The Kier molecular flexibility index (Phi) is 6.85. The van der Waals surface area contributed by atoms with Crippen LogP contribution in [0.25, 0.3) is 0 Å². The molecule has 6 saturated carbocycles. The maximum atomic E-state index is 12.5. The first-order valence-electron chi connectivity index (χ1n) is 14.4. The first-order valence-corrected chi connectivity index (χ1v) is 16.3. The molecule has 6 aliphatic carbocycles. The van der Waals surface area contributed by atoms with Crippen molar-refractivity contribution < 1.29 is 14.6 Å². The number of thioether (sulfide) groups is 2. The van der Waals surface area contributed by atoms with E-state index in [0.717, 1.165) is 37.0 Å². The fraction of sp³-hybridized carbons (Fsp3) is 0.806. The van der Waals surface area contributed by atoms with Crippen LogP contribution in [0.15, 0.2) is 30.3 Å². The Morgan fingerprint density at radius 1 is 0.833 bits per heavy atom. The molecule has 0 amide bonds. The topological polar surface area (TPSA) is 38.7 Å². The van der Waals surface area contributed by atoms with Crippen LogP contribution >= 0.6 is 23.5 Å². The second-order valence-electron chi connectivity index (χ2n) is 13.7. The van der Waals surface area contributed by atoms with Crippen LogP contribution in [-0.4, -0.2) is 40.2 Å². The maximum absolute atomic E-state index is 12.5. The highest BCUT2D eigenvalue weighted by molar-refractivity contribution is 8.17. The number of rotatable bonds is 3. The first kappa shape index (κ1) is 26.0. The van der Waals surface area contributed by atoms with E-state index in [9.17, 15) is 5.11 Å². The third kappa shape index (κ3) is 4.05. The van der Waals surface area contributed by atoms with Gasteiger partial charge in [-0.1, -0.05) is 65.0 Å². The summed E-state index contributed by atoms with van der Waals surface area (Å²) in [5, 5.41) is 13.5. The van der Waals surface area contributed by atoms with Crippen LogP contribution in [-0.2, 0) is 15.1 Å². The van der Waals surface area contributed by atoms with Gasteiger partial charge in [0.1, 0.15) is 12.4 Å². The normalized spacial score (nSPS) is 43.3. The lowest BCUT2D eigenvalue weighted by molar-refractivity contribution is -0.158. The predicted molar refractivity (Wildman–Crippen MR) is 151 cm³/mol. The van der Waals surface area contributed by atoms with Gasteiger partial charge in [0, 0.05) is 10.5 Å². The number of ether oxygens (including phenoxy) is 2. The number of hydrogen-bond donors (Lipinski definition) is 1. The minimum absolute atomic E-state index is 0.116. The first-order chi connectivity index (χ1) is 17.2. The number of hydrogen-bond acceptors (Lipinski definition) is 5. The Morgan fingerprint density at radius 3 is 1.78 bits per heavy atom. The van der Waals surface area contributed by atoms with Gasteiger partial charge in [0.05, 0.1) is 17.8 Å². The van der Waals surface area contributed by atoms with Crippen LogP contribution in [0, 0.1) is 46.3 Å². The molecule has 9 atom stereocenters. The minimum atomic E-state index is -0.841. The van der Waals surface area contributed by atoms with E-state index in [-0.39, 0.29) is 4.58 Å². The van der Waals surface area contributed by atoms with Gasteiger partial charge in [0.15, 0.2) is 0 Å². The largest absolute Gasteiger partial charge is 0.383 e. The molecule has 4 bridgehead atoms. The zero-order valence-electron chi connectivity index (χ0n) is 22.8. The zero-order valence-corrected chi connectivity index (χ0v) is 24.5. The Labute approximate surface area is 227 Å². The van der Waals surface area contributed by atoms with Crippen molar-refractivity contribution in [3.8, 4) is 0 Å². The molecule has 200 valence electrons. The van der Waals surface area contributed by atoms with E-state index < -0.39 is 5.60 Å². The van der Waals surface area contributed by atoms with Crippen LogP contribution in [0.5, 0.6) is 0 Å². The van der Waals surface area contributed by atoms with Crippen molar-refractivity contribution in [2.75, 3.05) is 20.0 Å². The van der Waals surface area contributed by atoms with Crippen LogP contribution in [0.1, 0.15) is 72.3 Å². The highest BCUT2D eigenvalue weighted by atomic mass is 32.2. The molecule has 1 aromatic carbocycles. The molecule has 0 spiro atoms. The molecule has 0 aromatic heterocycles. The van der Waals surface area contributed by atoms with E-state index >= 15 is 0 Å². The average Bonchev–Trinajstić information content (AvgIpc) is 2.87. The minimum Gasteiger partial charge on any atom is -0.383 e. The summed E-state index contributed by atoms with van der Waals surface area (Å²) in [6.45, 7) is 14.1. The smallest absolute Gasteiger partial charge is 0.146 e. The predicted octanol–water partition coefficient (Wildman–Crippen LogP) is 7.18. The van der Waals surface area contributed by atoms with E-state index in [4.69, 9.17) is 9.47 Å². The molecular formula is C31H46O3S2. The lowest BCUT2D eigenvalue weighted by Crippen LogP contribution is -2.59. The third-order valence-corrected chi connectivity index (χ3v) is 15.4. The molecule has 0 radical (unpaired) electrons. The van der Waals surface area contributed by atoms with Gasteiger partial charge < -0.3 is 14.6 Å². The van der Waals surface area contributed by atoms with Gasteiger partial charge in [0.2, 0.25) is 0 Å². The summed E-state index contributed by atoms with van der Waals surface area (Å²) in [7, 11) is 0. The van der Waals surface area contributed by atoms with Gasteiger partial charge in [0.25, 0.3) is 0 Å². The molecule has 8 rings (SSSR count). The molecule has 0 unspecified atom stereocenters. The maximum Gasteiger partial charge on any atom is 0.146 e. The Bertz CT molecular complexity index is 887. The van der Waals surface area contributed by atoms with Crippen LogP contribution < -0.4 is 0 Å². The van der Waals surface area contributed by atoms with E-state index in [1.54, 1.807) is 0 Å². The number of benzene rings is 1. The summed E-state index contributed by atoms with van der Waals surface area (Å²) < 4.78 is 12.7. The molecule has 1 heterocycles. The number of aliphatic hydroxyl groups is 1. The van der Waals surface area contributed by atoms with Crippen molar-refractivity contribution in [1.82, 2.24) is 0 Å². The van der Waals surface area contributed by atoms with Crippen molar-refractivity contribution >= 4 is 23.5 Å². The molecule has 5 heteroatoms. The van der Waals surface area contributed by atoms with E-state index in [2.05, 4.69) is 88.5 Å². The van der Waals surface area contributed by atoms with Crippen molar-refractivity contribution in [3.05, 3.63) is 35.9 Å². The molecule has 1 aliphatic heterocycles. The summed E-state index contributed by atoms with van der Waals surface area (Å²) in [6, 6.07) is 10.5. The van der Waals surface area contributed by atoms with Crippen LogP contribution in [0.4, 0.5) is 0 Å². The molecule has 3 nitrogen and oxygen atoms in total. The Hall–Kier alpha value is -0.200. The standard InChI is InChI=1S/C31H46O3S2/c1-6-31(32,19-10-8-7-9-11-19)28-35-26-14-20-12-24(29(20,2)3)22(26)16-33-18-34-17-23-25-13-21(30(25,4)5)15-27(23)36-28/h7-11,20-28,32H,6,12-18H2,1-5H3/t20-,21-,22+,23+,24+,25+,26+,27+,31-/m1/s1. The van der Waals surface area contributed by atoms with Gasteiger partial charge in [-0.05, 0) is 84.0 Å². The summed E-state index contributed by atoms with van der Waals surface area (Å²) in [4.78, 5) is 0. The van der Waals surface area contributed by atoms with Gasteiger partial charge in [-0.15, -0.1) is 23.5 Å². The lowest BCUT2D eigenvalue weighted by Gasteiger charge is -2.64. The summed E-state index contributed by atoms with van der Waals surface area (Å²) in [5.74, 6) is 4.09. The van der Waals surface area contributed by atoms with Gasteiger partial charge >= 0.3 is 0 Å². The highest BCUT2D eigenvalue weighted by Crippen LogP contribution is 2.67. The summed E-state index contributed by atoms with van der Waals surface area (Å²) in [6.07, 6.45) is 5.93. The lowest BCUT2D eigenvalue weighted by atomic mass is 9.45. The van der Waals surface area contributed by atoms with E-state index in [0.29, 0.717) is 51.8 Å². The van der Waals surface area contributed by atoms with Crippen molar-refractivity contribution in [3.63, 3.8) is 0 Å². The molecule has 1 saturated heterocycles. The summed E-state index contributed by atoms with van der Waals surface area (Å²) in [5.41, 5.74) is 1.06. The van der Waals surface area contributed by atoms with Gasteiger partial charge in [-0.3, -0.25) is 0 Å². The monoisotopic (exact) mass is 530 g/mol.